The van der Waals surface area contributed by atoms with E-state index in [1.54, 1.807) is 24.3 Å². The molecule has 0 aliphatic carbocycles. The number of aryl methyl sites for hydroxylation is 1. The van der Waals surface area contributed by atoms with Gasteiger partial charge in [0.15, 0.2) is 0 Å². The summed E-state index contributed by atoms with van der Waals surface area (Å²) in [6.07, 6.45) is 2.31. The van der Waals surface area contributed by atoms with Crippen LogP contribution in [0.1, 0.15) is 16.7 Å². The van der Waals surface area contributed by atoms with E-state index in [-0.39, 0.29) is 10.7 Å². The monoisotopic (exact) mass is 488 g/mol. The molecule has 0 saturated heterocycles. The average molecular weight is 489 g/mol. The number of hydrogen-bond donors (Lipinski definition) is 1. The highest BCUT2D eigenvalue weighted by molar-refractivity contribution is 7.90. The van der Waals surface area contributed by atoms with Gasteiger partial charge in [-0.2, -0.15) is 14.6 Å². The van der Waals surface area contributed by atoms with Crippen LogP contribution in [0.4, 0.5) is 5.13 Å². The smallest absolute Gasteiger partial charge is 0.268 e. The molecule has 0 fully saturated rings. The van der Waals surface area contributed by atoms with Gasteiger partial charge in [0.05, 0.1) is 5.02 Å². The fourth-order valence-corrected chi connectivity index (χ4v) is 4.14. The van der Waals surface area contributed by atoms with E-state index in [2.05, 4.69) is 14.7 Å². The number of carbonyl (C=O) groups excluding carboxylic acids is 1. The summed E-state index contributed by atoms with van der Waals surface area (Å²) in [6, 6.07) is 14.6. The highest BCUT2D eigenvalue weighted by atomic mass is 35.5. The van der Waals surface area contributed by atoms with Crippen molar-refractivity contribution >= 4 is 50.1 Å². The van der Waals surface area contributed by atoms with Crippen molar-refractivity contribution in [2.24, 2.45) is 0 Å². The van der Waals surface area contributed by atoms with Crippen LogP contribution in [0.25, 0.3) is 6.08 Å². The summed E-state index contributed by atoms with van der Waals surface area (Å²) in [5.74, 6) is -0.283. The van der Waals surface area contributed by atoms with Gasteiger partial charge in [-0.05, 0) is 36.3 Å². The zero-order chi connectivity index (χ0) is 23.3. The van der Waals surface area contributed by atoms with Crippen molar-refractivity contribution in [2.45, 2.75) is 18.7 Å². The van der Waals surface area contributed by atoms with Crippen molar-refractivity contribution in [2.75, 3.05) is 11.6 Å². The molecule has 2 aromatic carbocycles. The van der Waals surface area contributed by atoms with Gasteiger partial charge < -0.3 is 4.74 Å². The van der Waals surface area contributed by atoms with E-state index >= 15 is 0 Å². The first kappa shape index (κ1) is 23.4. The Morgan fingerprint density at radius 1 is 1.28 bits per heavy atom. The predicted molar refractivity (Wildman–Crippen MR) is 122 cm³/mol. The third-order valence-electron chi connectivity index (χ3n) is 4.11. The van der Waals surface area contributed by atoms with Crippen LogP contribution in [0.3, 0.4) is 0 Å². The Bertz CT molecular complexity index is 1330. The summed E-state index contributed by atoms with van der Waals surface area (Å²) in [5, 5.41) is 11.6. The number of amides is 1. The van der Waals surface area contributed by atoms with Crippen LogP contribution in [-0.4, -0.2) is 29.9 Å². The number of sulfone groups is 1. The molecule has 0 spiro atoms. The second-order valence-electron chi connectivity index (χ2n) is 6.74. The van der Waals surface area contributed by atoms with Crippen LogP contribution in [0.15, 0.2) is 53.2 Å². The molecule has 11 heteroatoms. The maximum atomic E-state index is 12.4. The zero-order valence-electron chi connectivity index (χ0n) is 17.0. The van der Waals surface area contributed by atoms with Crippen molar-refractivity contribution < 1.29 is 17.9 Å². The molecule has 0 unspecified atom stereocenters. The number of hydrogen-bond acceptors (Lipinski definition) is 8. The first-order valence-electron chi connectivity index (χ1n) is 9.10. The third kappa shape index (κ3) is 6.13. The molecule has 8 nitrogen and oxygen atoms in total. The topological polar surface area (TPSA) is 122 Å². The quantitative estimate of drug-likeness (QED) is 0.393. The van der Waals surface area contributed by atoms with Crippen LogP contribution >= 0.6 is 23.1 Å². The van der Waals surface area contributed by atoms with Crippen molar-refractivity contribution in [3.05, 3.63) is 69.8 Å². The molecular weight excluding hydrogens is 472 g/mol. The minimum absolute atomic E-state index is 0.0329. The largest absolute Gasteiger partial charge is 0.487 e. The van der Waals surface area contributed by atoms with E-state index in [1.165, 1.54) is 6.08 Å². The molecule has 0 aliphatic heterocycles. The van der Waals surface area contributed by atoms with E-state index in [0.717, 1.165) is 17.4 Å². The molecule has 32 heavy (non-hydrogen) atoms. The number of nitrogens with zero attached hydrogens (tertiary/aromatic N) is 3. The molecule has 164 valence electrons. The first-order valence-corrected chi connectivity index (χ1v) is 12.1. The molecule has 1 heterocycles. The number of anilines is 1. The molecule has 0 saturated carbocycles. The summed E-state index contributed by atoms with van der Waals surface area (Å²) >= 11 is 6.99. The zero-order valence-corrected chi connectivity index (χ0v) is 19.4. The summed E-state index contributed by atoms with van der Waals surface area (Å²) in [5.41, 5.74) is 2.45. The summed E-state index contributed by atoms with van der Waals surface area (Å²) in [6.45, 7) is 2.35. The molecule has 3 rings (SSSR count). The van der Waals surface area contributed by atoms with Gasteiger partial charge >= 0.3 is 0 Å². The van der Waals surface area contributed by atoms with E-state index < -0.39 is 20.9 Å². The molecular formula is C21H17ClN4O4S2. The number of nitrogens with one attached hydrogen (secondary N) is 1. The normalized spacial score (nSPS) is 11.6. The number of halogens is 1. The number of aromatic nitrogens is 2. The molecule has 1 amide bonds. The summed E-state index contributed by atoms with van der Waals surface area (Å²) < 4.78 is 32.3. The van der Waals surface area contributed by atoms with Crippen LogP contribution in [0, 0.1) is 18.3 Å². The predicted octanol–water partition coefficient (Wildman–Crippen LogP) is 4.03. The van der Waals surface area contributed by atoms with E-state index in [1.807, 2.05) is 31.2 Å². The Balaban J connectivity index is 1.70. The first-order chi connectivity index (χ1) is 15.2. The number of nitriles is 1. The minimum Gasteiger partial charge on any atom is -0.487 e. The van der Waals surface area contributed by atoms with Crippen LogP contribution in [0.5, 0.6) is 5.75 Å². The van der Waals surface area contributed by atoms with Crippen molar-refractivity contribution in [3.8, 4) is 11.8 Å². The number of benzene rings is 2. The number of ether oxygens (including phenoxy) is 1. The Hall–Kier alpha value is -3.26. The SMILES string of the molecule is Cc1ccc(COc2ccc(C=C(C#N)C(=O)Nc3nc(S(C)(=O)=O)ns3)cc2Cl)cc1. The molecule has 3 aromatic rings. The Morgan fingerprint density at radius 3 is 2.59 bits per heavy atom. The molecule has 0 aliphatic rings. The fraction of sp³-hybridized carbons (Fsp3) is 0.143. The maximum Gasteiger partial charge on any atom is 0.268 e. The second-order valence-corrected chi connectivity index (χ2v) is 9.81. The summed E-state index contributed by atoms with van der Waals surface area (Å²) in [7, 11) is -3.59. The number of rotatable bonds is 7. The van der Waals surface area contributed by atoms with Crippen molar-refractivity contribution in [1.82, 2.24) is 9.36 Å². The maximum absolute atomic E-state index is 12.4. The lowest BCUT2D eigenvalue weighted by Gasteiger charge is -2.09. The highest BCUT2D eigenvalue weighted by Crippen LogP contribution is 2.27. The Labute approximate surface area is 194 Å². The average Bonchev–Trinajstić information content (AvgIpc) is 3.21. The highest BCUT2D eigenvalue weighted by Gasteiger charge is 2.17. The van der Waals surface area contributed by atoms with Crippen molar-refractivity contribution in [3.63, 3.8) is 0 Å². The summed E-state index contributed by atoms with van der Waals surface area (Å²) in [4.78, 5) is 16.1. The van der Waals surface area contributed by atoms with E-state index in [4.69, 9.17) is 16.3 Å². The van der Waals surface area contributed by atoms with Gasteiger partial charge in [0, 0.05) is 17.8 Å². The molecule has 0 atom stereocenters. The number of carbonyl (C=O) groups is 1. The lowest BCUT2D eigenvalue weighted by molar-refractivity contribution is -0.112. The van der Waals surface area contributed by atoms with E-state index in [0.29, 0.717) is 34.5 Å². The van der Waals surface area contributed by atoms with Gasteiger partial charge in [0.1, 0.15) is 24.0 Å². The van der Waals surface area contributed by atoms with Gasteiger partial charge in [-0.25, -0.2) is 8.42 Å². The van der Waals surface area contributed by atoms with Crippen LogP contribution < -0.4 is 10.1 Å². The van der Waals surface area contributed by atoms with Crippen LogP contribution in [-0.2, 0) is 21.2 Å². The lowest BCUT2D eigenvalue weighted by Crippen LogP contribution is -2.13. The third-order valence-corrected chi connectivity index (χ3v) is 5.99. The van der Waals surface area contributed by atoms with E-state index in [9.17, 15) is 18.5 Å². The van der Waals surface area contributed by atoms with Crippen LogP contribution in [0.2, 0.25) is 5.02 Å². The fourth-order valence-electron chi connectivity index (χ4n) is 2.46. The minimum atomic E-state index is -3.59. The van der Waals surface area contributed by atoms with Crippen molar-refractivity contribution in [1.29, 1.82) is 5.26 Å². The molecule has 1 aromatic heterocycles. The Morgan fingerprint density at radius 2 is 2.00 bits per heavy atom. The second kappa shape index (κ2) is 9.91. The van der Waals surface area contributed by atoms with Gasteiger partial charge in [0.25, 0.3) is 11.1 Å². The van der Waals surface area contributed by atoms with Gasteiger partial charge in [-0.1, -0.05) is 47.5 Å². The van der Waals surface area contributed by atoms with Gasteiger partial charge in [-0.3, -0.25) is 10.1 Å². The molecule has 1 N–H and O–H groups in total. The lowest BCUT2D eigenvalue weighted by atomic mass is 10.1. The van der Waals surface area contributed by atoms with Gasteiger partial charge in [0.2, 0.25) is 15.0 Å². The Kier molecular flexibility index (Phi) is 7.25. The van der Waals surface area contributed by atoms with Gasteiger partial charge in [-0.15, -0.1) is 0 Å². The standard InChI is InChI=1S/C21H17ClN4O4S2/c1-13-3-5-14(6-4-13)12-30-18-8-7-15(10-17(18)22)9-16(11-23)19(27)24-20-25-21(26-31-20)32(2,28)29/h3-10H,12H2,1-2H3,(H,24,25,26,27). The molecule has 0 bridgehead atoms. The molecule has 0 radical (unpaired) electrons.